The number of allylic oxidation sites excluding steroid dienone is 1. The quantitative estimate of drug-likeness (QED) is 0.564. The van der Waals surface area contributed by atoms with Crippen molar-refractivity contribution >= 4 is 24.4 Å². The lowest BCUT2D eigenvalue weighted by Crippen LogP contribution is -2.00. The maximum atomic E-state index is 5.10. The van der Waals surface area contributed by atoms with Crippen molar-refractivity contribution in [1.82, 2.24) is 0 Å². The Labute approximate surface area is 85.9 Å². The van der Waals surface area contributed by atoms with E-state index in [1.165, 1.54) is 0 Å². The summed E-state index contributed by atoms with van der Waals surface area (Å²) in [5.74, 6) is 1.13. The SMILES string of the molecule is C=CCC(C)SCCC([S])C=C. The van der Waals surface area contributed by atoms with E-state index in [9.17, 15) is 0 Å². The van der Waals surface area contributed by atoms with Crippen molar-refractivity contribution in [3.8, 4) is 0 Å². The molecule has 0 saturated carbocycles. The van der Waals surface area contributed by atoms with Crippen molar-refractivity contribution in [3.63, 3.8) is 0 Å². The van der Waals surface area contributed by atoms with Gasteiger partial charge in [0.1, 0.15) is 0 Å². The van der Waals surface area contributed by atoms with Crippen molar-refractivity contribution in [2.24, 2.45) is 0 Å². The van der Waals surface area contributed by atoms with E-state index in [0.717, 1.165) is 18.6 Å². The van der Waals surface area contributed by atoms with Crippen LogP contribution in [0.4, 0.5) is 0 Å². The fourth-order valence-electron chi connectivity index (χ4n) is 0.806. The lowest BCUT2D eigenvalue weighted by Gasteiger charge is -2.08. The molecule has 0 heterocycles. The van der Waals surface area contributed by atoms with Gasteiger partial charge in [0.25, 0.3) is 0 Å². The minimum absolute atomic E-state index is 0.244. The summed E-state index contributed by atoms with van der Waals surface area (Å²) in [5.41, 5.74) is 0. The van der Waals surface area contributed by atoms with Crippen LogP contribution in [0.2, 0.25) is 0 Å². The van der Waals surface area contributed by atoms with E-state index in [1.54, 1.807) is 0 Å². The second-order valence-corrected chi connectivity index (χ2v) is 4.92. The molecule has 0 saturated heterocycles. The Balaban J connectivity index is 3.29. The van der Waals surface area contributed by atoms with Crippen molar-refractivity contribution < 1.29 is 0 Å². The number of hydrogen-bond donors (Lipinski definition) is 0. The van der Waals surface area contributed by atoms with Crippen LogP contribution in [0, 0.1) is 0 Å². The van der Waals surface area contributed by atoms with Crippen LogP contribution in [0.1, 0.15) is 19.8 Å². The lowest BCUT2D eigenvalue weighted by molar-refractivity contribution is 0.956. The average molecular weight is 201 g/mol. The summed E-state index contributed by atoms with van der Waals surface area (Å²) in [7, 11) is 0. The zero-order chi connectivity index (χ0) is 9.40. The maximum Gasteiger partial charge on any atom is 0.0336 e. The van der Waals surface area contributed by atoms with Gasteiger partial charge in [-0.3, -0.25) is 0 Å². The van der Waals surface area contributed by atoms with Gasteiger partial charge >= 0.3 is 0 Å². The van der Waals surface area contributed by atoms with E-state index < -0.39 is 0 Å². The van der Waals surface area contributed by atoms with Crippen molar-refractivity contribution in [1.29, 1.82) is 0 Å². The Kier molecular flexibility index (Phi) is 7.93. The minimum Gasteiger partial charge on any atom is -0.158 e. The second kappa shape index (κ2) is 7.81. The van der Waals surface area contributed by atoms with E-state index in [2.05, 4.69) is 20.1 Å². The Morgan fingerprint density at radius 3 is 2.67 bits per heavy atom. The van der Waals surface area contributed by atoms with Gasteiger partial charge in [0.2, 0.25) is 0 Å². The molecule has 0 fully saturated rings. The van der Waals surface area contributed by atoms with E-state index in [1.807, 2.05) is 23.9 Å². The molecule has 12 heavy (non-hydrogen) atoms. The Hall–Kier alpha value is 0.180. The van der Waals surface area contributed by atoms with Crippen LogP contribution in [0.15, 0.2) is 25.3 Å². The first kappa shape index (κ1) is 12.2. The standard InChI is InChI=1S/C10H17S2/c1-4-6-9(3)12-8-7-10(11)5-2/h4-5,9-10H,1-2,6-8H2,3H3. The highest BCUT2D eigenvalue weighted by Crippen LogP contribution is 2.17. The molecule has 0 nitrogen and oxygen atoms in total. The maximum absolute atomic E-state index is 5.10. The van der Waals surface area contributed by atoms with Crippen LogP contribution in [-0.4, -0.2) is 16.3 Å². The van der Waals surface area contributed by atoms with Gasteiger partial charge in [-0.2, -0.15) is 11.8 Å². The van der Waals surface area contributed by atoms with Gasteiger partial charge in [0.15, 0.2) is 0 Å². The van der Waals surface area contributed by atoms with Crippen LogP contribution < -0.4 is 0 Å². The molecule has 2 unspecified atom stereocenters. The van der Waals surface area contributed by atoms with Gasteiger partial charge in [-0.15, -0.1) is 13.2 Å². The lowest BCUT2D eigenvalue weighted by atomic mass is 10.3. The summed E-state index contributed by atoms with van der Waals surface area (Å²) >= 11 is 7.06. The van der Waals surface area contributed by atoms with E-state index in [0.29, 0.717) is 5.25 Å². The van der Waals surface area contributed by atoms with E-state index >= 15 is 0 Å². The molecule has 0 bridgehead atoms. The summed E-state index contributed by atoms with van der Waals surface area (Å²) in [6, 6.07) is 0. The smallest absolute Gasteiger partial charge is 0.0336 e. The van der Waals surface area contributed by atoms with Crippen LogP contribution >= 0.6 is 24.4 Å². The summed E-state index contributed by atoms with van der Waals surface area (Å²) in [5, 5.41) is 0.919. The largest absolute Gasteiger partial charge is 0.158 e. The van der Waals surface area contributed by atoms with Gasteiger partial charge in [0, 0.05) is 10.5 Å². The zero-order valence-electron chi connectivity index (χ0n) is 7.66. The predicted octanol–water partition coefficient (Wildman–Crippen LogP) is 3.83. The molecule has 0 amide bonds. The fourth-order valence-corrected chi connectivity index (χ4v) is 2.14. The molecule has 0 N–H and O–H groups in total. The molecular formula is C10H17S2. The normalized spacial score (nSPS) is 15.2. The Bertz CT molecular complexity index is 132. The first-order valence-electron chi connectivity index (χ1n) is 4.21. The molecule has 2 heteroatoms. The molecule has 2 atom stereocenters. The third-order valence-corrected chi connectivity index (χ3v) is 3.23. The number of hydrogen-bond acceptors (Lipinski definition) is 1. The summed E-state index contributed by atoms with van der Waals surface area (Å²) in [4.78, 5) is 0. The van der Waals surface area contributed by atoms with Gasteiger partial charge in [-0.05, 0) is 18.6 Å². The molecule has 0 rings (SSSR count). The monoisotopic (exact) mass is 201 g/mol. The number of thioether (sulfide) groups is 1. The second-order valence-electron chi connectivity index (χ2n) is 2.77. The zero-order valence-corrected chi connectivity index (χ0v) is 9.29. The highest BCUT2D eigenvalue weighted by Gasteiger charge is 2.02. The third-order valence-electron chi connectivity index (χ3n) is 1.57. The number of rotatable bonds is 7. The van der Waals surface area contributed by atoms with Crippen molar-refractivity contribution in [2.75, 3.05) is 5.75 Å². The summed E-state index contributed by atoms with van der Waals surface area (Å²) < 4.78 is 0. The van der Waals surface area contributed by atoms with Crippen LogP contribution in [-0.2, 0) is 0 Å². The topological polar surface area (TPSA) is 0 Å². The first-order chi connectivity index (χ1) is 5.70. The first-order valence-corrected chi connectivity index (χ1v) is 5.73. The van der Waals surface area contributed by atoms with Crippen LogP contribution in [0.5, 0.6) is 0 Å². The van der Waals surface area contributed by atoms with E-state index in [-0.39, 0.29) is 5.25 Å². The van der Waals surface area contributed by atoms with E-state index in [4.69, 9.17) is 12.6 Å². The summed E-state index contributed by atoms with van der Waals surface area (Å²) in [6.07, 6.45) is 5.95. The molecule has 0 aliphatic heterocycles. The van der Waals surface area contributed by atoms with Crippen molar-refractivity contribution in [3.05, 3.63) is 25.3 Å². The molecule has 0 spiro atoms. The van der Waals surface area contributed by atoms with Gasteiger partial charge < -0.3 is 0 Å². The molecule has 0 aromatic carbocycles. The predicted molar refractivity (Wildman–Crippen MR) is 62.9 cm³/mol. The third kappa shape index (κ3) is 6.86. The van der Waals surface area contributed by atoms with Gasteiger partial charge in [0.05, 0.1) is 0 Å². The highest BCUT2D eigenvalue weighted by atomic mass is 32.2. The van der Waals surface area contributed by atoms with Crippen LogP contribution in [0.3, 0.4) is 0 Å². The Morgan fingerprint density at radius 2 is 2.17 bits per heavy atom. The summed E-state index contributed by atoms with van der Waals surface area (Å²) in [6.45, 7) is 9.60. The fraction of sp³-hybridized carbons (Fsp3) is 0.600. The molecular weight excluding hydrogens is 184 g/mol. The molecule has 0 aromatic heterocycles. The Morgan fingerprint density at radius 1 is 1.50 bits per heavy atom. The molecule has 0 aromatic rings. The molecule has 1 radical (unpaired) electrons. The molecule has 0 aliphatic carbocycles. The van der Waals surface area contributed by atoms with Gasteiger partial charge in [-0.25, -0.2) is 0 Å². The molecule has 69 valence electrons. The van der Waals surface area contributed by atoms with Crippen molar-refractivity contribution in [2.45, 2.75) is 30.3 Å². The van der Waals surface area contributed by atoms with Gasteiger partial charge in [-0.1, -0.05) is 31.7 Å². The molecule has 0 aliphatic rings. The highest BCUT2D eigenvalue weighted by molar-refractivity contribution is 7.99. The van der Waals surface area contributed by atoms with Crippen LogP contribution in [0.25, 0.3) is 0 Å². The minimum atomic E-state index is 0.244. The average Bonchev–Trinajstić information content (AvgIpc) is 2.04.